The smallest absolute Gasteiger partial charge is 0.303 e. The van der Waals surface area contributed by atoms with Crippen LogP contribution in [0.1, 0.15) is 47.1 Å². The molecule has 0 bridgehead atoms. The first-order chi connectivity index (χ1) is 10.6. The summed E-state index contributed by atoms with van der Waals surface area (Å²) >= 11 is 0. The molecule has 22 heavy (non-hydrogen) atoms. The van der Waals surface area contributed by atoms with E-state index in [1.54, 1.807) is 0 Å². The Morgan fingerprint density at radius 3 is 2.73 bits per heavy atom. The number of benzene rings is 2. The summed E-state index contributed by atoms with van der Waals surface area (Å²) in [6.07, 6.45) is 2.46. The minimum absolute atomic E-state index is 0.00945. The molecule has 0 fully saturated rings. The van der Waals surface area contributed by atoms with Gasteiger partial charge in [-0.25, -0.2) is 0 Å². The number of rotatable bonds is 3. The van der Waals surface area contributed by atoms with E-state index in [0.29, 0.717) is 5.75 Å². The van der Waals surface area contributed by atoms with Crippen LogP contribution in [0.15, 0.2) is 36.4 Å². The Morgan fingerprint density at radius 2 is 2.00 bits per heavy atom. The Morgan fingerprint density at radius 1 is 1.23 bits per heavy atom. The van der Waals surface area contributed by atoms with Crippen LogP contribution >= 0.6 is 0 Å². The van der Waals surface area contributed by atoms with Crippen LogP contribution in [0.5, 0.6) is 5.75 Å². The zero-order chi connectivity index (χ0) is 15.7. The fraction of sp³-hybridized carbons (Fsp3) is 0.316. The topological polar surface area (TPSA) is 57.5 Å². The van der Waals surface area contributed by atoms with Crippen molar-refractivity contribution in [3.8, 4) is 5.75 Å². The highest BCUT2D eigenvalue weighted by atomic mass is 16.4. The molecule has 2 N–H and O–H groups in total. The number of aromatic hydroxyl groups is 1. The molecule has 2 aromatic carbocycles. The van der Waals surface area contributed by atoms with E-state index >= 15 is 0 Å². The zero-order valence-electron chi connectivity index (χ0n) is 12.7. The van der Waals surface area contributed by atoms with Crippen molar-refractivity contribution in [2.75, 3.05) is 0 Å². The number of phenols is 1. The van der Waals surface area contributed by atoms with Crippen molar-refractivity contribution in [2.24, 2.45) is 0 Å². The largest absolute Gasteiger partial charge is 0.508 e. The SMILES string of the molecule is CCc1cc(O)cc2c1CC(CC(=O)O)c1ccccc1C2. The van der Waals surface area contributed by atoms with Gasteiger partial charge in [0.2, 0.25) is 0 Å². The Balaban J connectivity index is 2.14. The van der Waals surface area contributed by atoms with Gasteiger partial charge in [-0.15, -0.1) is 0 Å². The van der Waals surface area contributed by atoms with Crippen LogP contribution in [-0.4, -0.2) is 16.2 Å². The maximum Gasteiger partial charge on any atom is 0.303 e. The van der Waals surface area contributed by atoms with E-state index in [9.17, 15) is 15.0 Å². The van der Waals surface area contributed by atoms with Crippen molar-refractivity contribution in [1.82, 2.24) is 0 Å². The molecule has 3 heteroatoms. The van der Waals surface area contributed by atoms with Gasteiger partial charge < -0.3 is 10.2 Å². The summed E-state index contributed by atoms with van der Waals surface area (Å²) in [7, 11) is 0. The summed E-state index contributed by atoms with van der Waals surface area (Å²) in [5.74, 6) is -0.477. The van der Waals surface area contributed by atoms with Crippen LogP contribution < -0.4 is 0 Å². The zero-order valence-corrected chi connectivity index (χ0v) is 12.7. The number of aryl methyl sites for hydroxylation is 1. The van der Waals surface area contributed by atoms with Gasteiger partial charge in [0.15, 0.2) is 0 Å². The molecule has 3 rings (SSSR count). The first-order valence-electron chi connectivity index (χ1n) is 7.71. The van der Waals surface area contributed by atoms with E-state index in [-0.39, 0.29) is 12.3 Å². The number of carboxylic acid groups (broad SMARTS) is 1. The standard InChI is InChI=1S/C19H20O3/c1-2-12-8-16(20)9-14-7-13-5-3-4-6-17(13)15(10-18(12)14)11-19(21)22/h3-6,8-9,15,20H,2,7,10-11H2,1H3,(H,21,22). The summed E-state index contributed by atoms with van der Waals surface area (Å²) in [6.45, 7) is 2.07. The maximum absolute atomic E-state index is 11.3. The van der Waals surface area contributed by atoms with Crippen molar-refractivity contribution in [3.05, 3.63) is 64.2 Å². The number of hydrogen-bond acceptors (Lipinski definition) is 2. The monoisotopic (exact) mass is 296 g/mol. The van der Waals surface area contributed by atoms with Crippen LogP contribution in [0, 0.1) is 0 Å². The van der Waals surface area contributed by atoms with Crippen LogP contribution in [0.3, 0.4) is 0 Å². The van der Waals surface area contributed by atoms with Crippen molar-refractivity contribution < 1.29 is 15.0 Å². The van der Waals surface area contributed by atoms with Gasteiger partial charge in [0.1, 0.15) is 5.75 Å². The summed E-state index contributed by atoms with van der Waals surface area (Å²) in [6, 6.07) is 11.7. The molecular formula is C19H20O3. The van der Waals surface area contributed by atoms with Crippen LogP contribution in [-0.2, 0) is 24.1 Å². The minimum atomic E-state index is -0.764. The molecule has 1 unspecified atom stereocenters. The Hall–Kier alpha value is -2.29. The lowest BCUT2D eigenvalue weighted by molar-refractivity contribution is -0.137. The highest BCUT2D eigenvalue weighted by Gasteiger charge is 2.25. The van der Waals surface area contributed by atoms with Gasteiger partial charge in [0.25, 0.3) is 0 Å². The molecule has 1 atom stereocenters. The number of hydrogen-bond donors (Lipinski definition) is 2. The molecule has 2 aromatic rings. The fourth-order valence-corrected chi connectivity index (χ4v) is 3.56. The van der Waals surface area contributed by atoms with Gasteiger partial charge in [-0.3, -0.25) is 4.79 Å². The number of phenolic OH excluding ortho intramolecular Hbond substituents is 1. The lowest BCUT2D eigenvalue weighted by atomic mass is 9.87. The molecule has 0 saturated heterocycles. The van der Waals surface area contributed by atoms with Gasteiger partial charge in [-0.2, -0.15) is 0 Å². The third kappa shape index (κ3) is 2.71. The van der Waals surface area contributed by atoms with Gasteiger partial charge in [0, 0.05) is 0 Å². The van der Waals surface area contributed by atoms with Crippen molar-refractivity contribution in [2.45, 2.75) is 38.5 Å². The average Bonchev–Trinajstić information content (AvgIpc) is 2.62. The summed E-state index contributed by atoms with van der Waals surface area (Å²) in [5, 5.41) is 19.2. The first kappa shape index (κ1) is 14.6. The normalized spacial score (nSPS) is 16.5. The Bertz CT molecular complexity index is 719. The van der Waals surface area contributed by atoms with E-state index in [0.717, 1.165) is 36.0 Å². The second-order valence-corrected chi connectivity index (χ2v) is 5.97. The molecular weight excluding hydrogens is 276 g/mol. The second-order valence-electron chi connectivity index (χ2n) is 5.97. The maximum atomic E-state index is 11.3. The molecule has 0 aliphatic heterocycles. The molecule has 0 heterocycles. The minimum Gasteiger partial charge on any atom is -0.508 e. The highest BCUT2D eigenvalue weighted by molar-refractivity contribution is 5.68. The molecule has 1 aliphatic carbocycles. The Kier molecular flexibility index (Phi) is 3.88. The van der Waals surface area contributed by atoms with Crippen molar-refractivity contribution >= 4 is 5.97 Å². The van der Waals surface area contributed by atoms with E-state index in [2.05, 4.69) is 13.0 Å². The lowest BCUT2D eigenvalue weighted by Gasteiger charge is -2.17. The molecule has 0 aromatic heterocycles. The quantitative estimate of drug-likeness (QED) is 0.908. The van der Waals surface area contributed by atoms with Crippen LogP contribution in [0.2, 0.25) is 0 Å². The summed E-state index contributed by atoms with van der Waals surface area (Å²) in [5.41, 5.74) is 5.75. The lowest BCUT2D eigenvalue weighted by Crippen LogP contribution is -2.10. The molecule has 0 radical (unpaired) electrons. The number of fused-ring (bicyclic) bond motifs is 2. The van der Waals surface area contributed by atoms with Crippen LogP contribution in [0.4, 0.5) is 0 Å². The highest BCUT2D eigenvalue weighted by Crippen LogP contribution is 2.37. The number of carbonyl (C=O) groups is 1. The van der Waals surface area contributed by atoms with Crippen LogP contribution in [0.25, 0.3) is 0 Å². The molecule has 114 valence electrons. The fourth-order valence-electron chi connectivity index (χ4n) is 3.56. The Labute approximate surface area is 130 Å². The van der Waals surface area contributed by atoms with Crippen molar-refractivity contribution in [3.63, 3.8) is 0 Å². The average molecular weight is 296 g/mol. The summed E-state index contributed by atoms with van der Waals surface area (Å²) in [4.78, 5) is 11.3. The number of aliphatic carboxylic acids is 1. The predicted octanol–water partition coefficient (Wildman–Crippen LogP) is 3.66. The van der Waals surface area contributed by atoms with E-state index in [1.807, 2.05) is 30.3 Å². The third-order valence-corrected chi connectivity index (χ3v) is 4.55. The third-order valence-electron chi connectivity index (χ3n) is 4.55. The molecule has 0 amide bonds. The second kappa shape index (κ2) is 5.84. The van der Waals surface area contributed by atoms with Gasteiger partial charge >= 0.3 is 5.97 Å². The molecule has 0 spiro atoms. The predicted molar refractivity (Wildman–Crippen MR) is 85.4 cm³/mol. The molecule has 1 aliphatic rings. The van der Waals surface area contributed by atoms with E-state index in [4.69, 9.17) is 0 Å². The van der Waals surface area contributed by atoms with E-state index in [1.165, 1.54) is 11.1 Å². The van der Waals surface area contributed by atoms with Gasteiger partial charge in [-0.1, -0.05) is 31.2 Å². The summed E-state index contributed by atoms with van der Waals surface area (Å²) < 4.78 is 0. The molecule has 3 nitrogen and oxygen atoms in total. The first-order valence-corrected chi connectivity index (χ1v) is 7.71. The van der Waals surface area contributed by atoms with Crippen molar-refractivity contribution in [1.29, 1.82) is 0 Å². The molecule has 0 saturated carbocycles. The number of carboxylic acids is 1. The van der Waals surface area contributed by atoms with E-state index < -0.39 is 5.97 Å². The van der Waals surface area contributed by atoms with Gasteiger partial charge in [-0.05, 0) is 65.1 Å². The van der Waals surface area contributed by atoms with Gasteiger partial charge in [0.05, 0.1) is 6.42 Å².